The molecule has 0 saturated carbocycles. The normalized spacial score (nSPS) is 12.1. The lowest BCUT2D eigenvalue weighted by molar-refractivity contribution is 1.15. The van der Waals surface area contributed by atoms with E-state index in [9.17, 15) is 0 Å². The van der Waals surface area contributed by atoms with Crippen LogP contribution in [0.3, 0.4) is 0 Å². The molecule has 228 valence electrons. The molecule has 0 unspecified atom stereocenters. The highest BCUT2D eigenvalue weighted by molar-refractivity contribution is 7.25. The summed E-state index contributed by atoms with van der Waals surface area (Å²) in [6.07, 6.45) is 0. The molecule has 11 rings (SSSR count). The molecule has 8 aromatic carbocycles. The Morgan fingerprint density at radius 3 is 1.55 bits per heavy atom. The van der Waals surface area contributed by atoms with Gasteiger partial charge < -0.3 is 9.13 Å². The Balaban J connectivity index is 1.33. The predicted molar refractivity (Wildman–Crippen MR) is 211 cm³/mol. The molecule has 3 aromatic heterocycles. The molecule has 11 aromatic rings. The number of benzene rings is 8. The van der Waals surface area contributed by atoms with Crippen LogP contribution in [0.1, 0.15) is 0 Å². The summed E-state index contributed by atoms with van der Waals surface area (Å²) < 4.78 is 7.65. The molecule has 0 aliphatic carbocycles. The van der Waals surface area contributed by atoms with E-state index in [1.807, 2.05) is 11.3 Å². The van der Waals surface area contributed by atoms with Gasteiger partial charge in [0.1, 0.15) is 0 Å². The SMILES string of the molecule is c1ccc(-n2c3ccccc3c3c4ccccc4c4c5ccccc5n(-c5cccc(-c6cccc7sc8ccccc8c67)c5)c4c32)cc1. The summed E-state index contributed by atoms with van der Waals surface area (Å²) in [6.45, 7) is 0. The van der Waals surface area contributed by atoms with Crippen molar-refractivity contribution in [3.63, 3.8) is 0 Å². The monoisotopic (exact) mass is 640 g/mol. The summed E-state index contributed by atoms with van der Waals surface area (Å²) in [5, 5.41) is 10.3. The van der Waals surface area contributed by atoms with Gasteiger partial charge in [0.15, 0.2) is 0 Å². The molecule has 0 amide bonds. The number of aromatic nitrogens is 2. The third-order valence-corrected chi connectivity index (χ3v) is 11.4. The van der Waals surface area contributed by atoms with Crippen molar-refractivity contribution in [3.8, 4) is 22.5 Å². The van der Waals surface area contributed by atoms with E-state index in [1.54, 1.807) is 0 Å². The zero-order valence-corrected chi connectivity index (χ0v) is 27.3. The van der Waals surface area contributed by atoms with Crippen LogP contribution in [-0.2, 0) is 0 Å². The second-order valence-corrected chi connectivity index (χ2v) is 13.9. The van der Waals surface area contributed by atoms with Gasteiger partial charge in [0.25, 0.3) is 0 Å². The smallest absolute Gasteiger partial charge is 0.0795 e. The lowest BCUT2D eigenvalue weighted by Gasteiger charge is -2.15. The van der Waals surface area contributed by atoms with Gasteiger partial charge in [-0.15, -0.1) is 11.3 Å². The largest absolute Gasteiger partial charge is 0.307 e. The number of fused-ring (bicyclic) bond motifs is 13. The van der Waals surface area contributed by atoms with E-state index in [4.69, 9.17) is 0 Å². The van der Waals surface area contributed by atoms with E-state index in [-0.39, 0.29) is 0 Å². The van der Waals surface area contributed by atoms with Gasteiger partial charge in [-0.1, -0.05) is 121 Å². The number of hydrogen-bond donors (Lipinski definition) is 0. The fraction of sp³-hybridized carbons (Fsp3) is 0. The molecule has 0 radical (unpaired) electrons. The molecule has 3 heteroatoms. The van der Waals surface area contributed by atoms with Gasteiger partial charge in [0.05, 0.1) is 22.1 Å². The molecule has 0 aliphatic heterocycles. The average molecular weight is 641 g/mol. The Hall–Kier alpha value is -6.16. The lowest BCUT2D eigenvalue weighted by Crippen LogP contribution is -1.99. The average Bonchev–Trinajstić information content (AvgIpc) is 3.83. The zero-order valence-electron chi connectivity index (χ0n) is 26.5. The minimum Gasteiger partial charge on any atom is -0.307 e. The Labute approximate surface area is 286 Å². The maximum absolute atomic E-state index is 2.52. The molecule has 0 N–H and O–H groups in total. The summed E-state index contributed by atoms with van der Waals surface area (Å²) in [6, 6.07) is 62.3. The third-order valence-electron chi connectivity index (χ3n) is 10.3. The van der Waals surface area contributed by atoms with Gasteiger partial charge >= 0.3 is 0 Å². The van der Waals surface area contributed by atoms with Gasteiger partial charge in [0.2, 0.25) is 0 Å². The van der Waals surface area contributed by atoms with Crippen LogP contribution in [0.2, 0.25) is 0 Å². The Morgan fingerprint density at radius 2 is 0.857 bits per heavy atom. The van der Waals surface area contributed by atoms with Crippen LogP contribution in [-0.4, -0.2) is 9.13 Å². The van der Waals surface area contributed by atoms with Crippen LogP contribution in [0, 0.1) is 0 Å². The molecule has 2 nitrogen and oxygen atoms in total. The van der Waals surface area contributed by atoms with Gasteiger partial charge in [-0.2, -0.15) is 0 Å². The van der Waals surface area contributed by atoms with Gasteiger partial charge in [-0.3, -0.25) is 0 Å². The maximum Gasteiger partial charge on any atom is 0.0795 e. The molecule has 0 aliphatic rings. The summed E-state index contributed by atoms with van der Waals surface area (Å²) in [4.78, 5) is 0. The van der Waals surface area contributed by atoms with Crippen LogP contribution in [0.25, 0.3) is 97.1 Å². The minimum absolute atomic E-state index is 1.15. The van der Waals surface area contributed by atoms with E-state index in [0.29, 0.717) is 0 Å². The van der Waals surface area contributed by atoms with Gasteiger partial charge in [0, 0.05) is 53.1 Å². The Kier molecular flexibility index (Phi) is 5.57. The van der Waals surface area contributed by atoms with Crippen molar-refractivity contribution >= 4 is 85.9 Å². The van der Waals surface area contributed by atoms with Crippen LogP contribution in [0.4, 0.5) is 0 Å². The van der Waals surface area contributed by atoms with Crippen molar-refractivity contribution in [3.05, 3.63) is 170 Å². The number of nitrogens with zero attached hydrogens (tertiary/aromatic N) is 2. The topological polar surface area (TPSA) is 9.86 Å². The van der Waals surface area contributed by atoms with Crippen LogP contribution >= 0.6 is 11.3 Å². The molecular formula is C46H28N2S. The van der Waals surface area contributed by atoms with E-state index >= 15 is 0 Å². The molecule has 0 atom stereocenters. The van der Waals surface area contributed by atoms with E-state index in [0.717, 1.165) is 11.4 Å². The summed E-state index contributed by atoms with van der Waals surface area (Å²) in [5.74, 6) is 0. The number of thiophene rings is 1. The first-order valence-corrected chi connectivity index (χ1v) is 17.6. The van der Waals surface area contributed by atoms with Crippen molar-refractivity contribution < 1.29 is 0 Å². The molecule has 0 fully saturated rings. The first kappa shape index (κ1) is 26.9. The maximum atomic E-state index is 2.52. The first-order chi connectivity index (χ1) is 24.3. The first-order valence-electron chi connectivity index (χ1n) is 16.8. The Morgan fingerprint density at radius 1 is 0.347 bits per heavy atom. The molecule has 49 heavy (non-hydrogen) atoms. The van der Waals surface area contributed by atoms with Crippen molar-refractivity contribution in [1.29, 1.82) is 0 Å². The molecule has 0 bridgehead atoms. The summed E-state index contributed by atoms with van der Waals surface area (Å²) in [7, 11) is 0. The second-order valence-electron chi connectivity index (χ2n) is 12.9. The third kappa shape index (κ3) is 3.71. The standard InChI is InChI=1S/C46H28N2S/c1-2-15-30(16-3-1)47-38-24-9-6-20-35(38)43-33-18-4-5-19-34(33)44-36-21-7-10-25-39(36)48(46(44)45(43)47)31-17-12-14-29(28-31)32-23-13-27-41-42(32)37-22-8-11-26-40(37)49-41/h1-28H. The molecule has 3 heterocycles. The van der Waals surface area contributed by atoms with E-state index in [1.165, 1.54) is 85.7 Å². The number of rotatable bonds is 3. The fourth-order valence-corrected chi connectivity index (χ4v) is 9.47. The lowest BCUT2D eigenvalue weighted by atomic mass is 9.98. The van der Waals surface area contributed by atoms with Gasteiger partial charge in [-0.05, 0) is 70.4 Å². The van der Waals surface area contributed by atoms with Crippen LogP contribution in [0.5, 0.6) is 0 Å². The molecular weight excluding hydrogens is 613 g/mol. The van der Waals surface area contributed by atoms with Crippen LogP contribution in [0.15, 0.2) is 170 Å². The molecule has 0 saturated heterocycles. The highest BCUT2D eigenvalue weighted by Crippen LogP contribution is 2.47. The van der Waals surface area contributed by atoms with Crippen molar-refractivity contribution in [1.82, 2.24) is 9.13 Å². The molecule has 0 spiro atoms. The van der Waals surface area contributed by atoms with E-state index < -0.39 is 0 Å². The summed E-state index contributed by atoms with van der Waals surface area (Å²) >= 11 is 1.87. The van der Waals surface area contributed by atoms with Gasteiger partial charge in [-0.25, -0.2) is 0 Å². The van der Waals surface area contributed by atoms with Crippen molar-refractivity contribution in [2.45, 2.75) is 0 Å². The number of hydrogen-bond acceptors (Lipinski definition) is 1. The zero-order chi connectivity index (χ0) is 32.1. The summed E-state index contributed by atoms with van der Waals surface area (Å²) in [5.41, 5.74) is 9.68. The minimum atomic E-state index is 1.15. The highest BCUT2D eigenvalue weighted by atomic mass is 32.1. The second kappa shape index (κ2) is 10.2. The quantitative estimate of drug-likeness (QED) is 0.182. The van der Waals surface area contributed by atoms with Crippen LogP contribution < -0.4 is 0 Å². The highest BCUT2D eigenvalue weighted by Gasteiger charge is 2.24. The van der Waals surface area contributed by atoms with Crippen molar-refractivity contribution in [2.24, 2.45) is 0 Å². The van der Waals surface area contributed by atoms with Crippen molar-refractivity contribution in [2.75, 3.05) is 0 Å². The van der Waals surface area contributed by atoms with E-state index in [2.05, 4.69) is 179 Å². The Bertz CT molecular complexity index is 3100. The number of para-hydroxylation sites is 3. The predicted octanol–water partition coefficient (Wildman–Crippen LogP) is 13.1. The fourth-order valence-electron chi connectivity index (χ4n) is 8.33.